The number of halogens is 2. The van der Waals surface area contributed by atoms with Gasteiger partial charge in [-0.3, -0.25) is 14.3 Å². The third kappa shape index (κ3) is 5.32. The lowest BCUT2D eigenvalue weighted by atomic mass is 9.73. The lowest BCUT2D eigenvalue weighted by Crippen LogP contribution is -2.34. The highest BCUT2D eigenvalue weighted by Crippen LogP contribution is 2.43. The second-order valence-corrected chi connectivity index (χ2v) is 9.36. The van der Waals surface area contributed by atoms with Gasteiger partial charge in [-0.15, -0.1) is 0 Å². The molecule has 9 heteroatoms. The molecule has 0 unspecified atom stereocenters. The predicted molar refractivity (Wildman–Crippen MR) is 117 cm³/mol. The lowest BCUT2D eigenvalue weighted by molar-refractivity contribution is -0.151. The van der Waals surface area contributed by atoms with Crippen LogP contribution in [0.15, 0.2) is 48.5 Å². The van der Waals surface area contributed by atoms with Crippen molar-refractivity contribution in [1.82, 2.24) is 0 Å². The minimum atomic E-state index is -3.49. The Morgan fingerprint density at radius 1 is 1.26 bits per heavy atom. The maximum Gasteiger partial charge on any atom is 0.317 e. The Bertz CT molecular complexity index is 1140. The highest BCUT2D eigenvalue weighted by atomic mass is 35.5. The van der Waals surface area contributed by atoms with Crippen LogP contribution in [0.2, 0.25) is 5.02 Å². The fourth-order valence-electron chi connectivity index (χ4n) is 3.72. The van der Waals surface area contributed by atoms with Crippen molar-refractivity contribution in [3.8, 4) is 0 Å². The third-order valence-corrected chi connectivity index (χ3v) is 5.85. The highest BCUT2D eigenvalue weighted by Gasteiger charge is 2.41. The molecule has 2 aromatic carbocycles. The number of benzene rings is 2. The van der Waals surface area contributed by atoms with Crippen LogP contribution >= 0.6 is 11.6 Å². The SMILES string of the molecule is CCOC(=O)[C@@H]1C(=O)C=C(c2cccc(NS(C)(=O)=O)c2)C[C@H]1c1c(F)cccc1Cl. The van der Waals surface area contributed by atoms with Gasteiger partial charge >= 0.3 is 5.97 Å². The summed E-state index contributed by atoms with van der Waals surface area (Å²) >= 11 is 6.25. The minimum absolute atomic E-state index is 0.0755. The van der Waals surface area contributed by atoms with Crippen LogP contribution in [0.1, 0.15) is 30.4 Å². The minimum Gasteiger partial charge on any atom is -0.465 e. The summed E-state index contributed by atoms with van der Waals surface area (Å²) in [6.45, 7) is 1.70. The monoisotopic (exact) mass is 465 g/mol. The Hall–Kier alpha value is -2.71. The van der Waals surface area contributed by atoms with Crippen LogP contribution in [0.5, 0.6) is 0 Å². The van der Waals surface area contributed by atoms with E-state index in [1.807, 2.05) is 0 Å². The van der Waals surface area contributed by atoms with Crippen LogP contribution in [0.3, 0.4) is 0 Å². The van der Waals surface area contributed by atoms with E-state index < -0.39 is 39.4 Å². The first-order chi connectivity index (χ1) is 14.6. The third-order valence-electron chi connectivity index (χ3n) is 4.91. The van der Waals surface area contributed by atoms with E-state index in [2.05, 4.69) is 4.72 Å². The number of ketones is 1. The van der Waals surface area contributed by atoms with Crippen LogP contribution in [0, 0.1) is 11.7 Å². The Labute approximate surface area is 185 Å². The summed E-state index contributed by atoms with van der Waals surface area (Å²) < 4.78 is 45.3. The fraction of sp³-hybridized carbons (Fsp3) is 0.273. The molecule has 0 radical (unpaired) electrons. The van der Waals surface area contributed by atoms with E-state index in [-0.39, 0.29) is 23.6 Å². The quantitative estimate of drug-likeness (QED) is 0.511. The number of allylic oxidation sites excluding steroid dienone is 2. The molecule has 0 saturated carbocycles. The summed E-state index contributed by atoms with van der Waals surface area (Å²) in [4.78, 5) is 25.5. The summed E-state index contributed by atoms with van der Waals surface area (Å²) in [5, 5.41) is 0.112. The molecule has 0 fully saturated rings. The molecule has 0 aromatic heterocycles. The van der Waals surface area contributed by atoms with E-state index >= 15 is 0 Å². The van der Waals surface area contributed by atoms with Gasteiger partial charge in [0.25, 0.3) is 0 Å². The van der Waals surface area contributed by atoms with Crippen LogP contribution in [0.4, 0.5) is 10.1 Å². The smallest absolute Gasteiger partial charge is 0.317 e. The predicted octanol–water partition coefficient (Wildman–Crippen LogP) is 4.17. The molecule has 0 heterocycles. The van der Waals surface area contributed by atoms with Gasteiger partial charge in [0.15, 0.2) is 5.78 Å². The first-order valence-electron chi connectivity index (χ1n) is 9.54. The Morgan fingerprint density at radius 3 is 2.61 bits per heavy atom. The molecule has 2 aromatic rings. The van der Waals surface area contributed by atoms with Crippen molar-refractivity contribution in [3.05, 3.63) is 70.5 Å². The second-order valence-electron chi connectivity index (χ2n) is 7.20. The van der Waals surface area contributed by atoms with Gasteiger partial charge in [-0.05, 0) is 54.8 Å². The van der Waals surface area contributed by atoms with Crippen molar-refractivity contribution in [3.63, 3.8) is 0 Å². The van der Waals surface area contributed by atoms with Crippen molar-refractivity contribution in [2.24, 2.45) is 5.92 Å². The van der Waals surface area contributed by atoms with E-state index in [1.54, 1.807) is 31.2 Å². The van der Waals surface area contributed by atoms with E-state index in [9.17, 15) is 22.4 Å². The number of hydrogen-bond donors (Lipinski definition) is 1. The molecule has 0 spiro atoms. The molecule has 2 atom stereocenters. The fourth-order valence-corrected chi connectivity index (χ4v) is 4.58. The van der Waals surface area contributed by atoms with Crippen molar-refractivity contribution >= 4 is 44.6 Å². The number of esters is 1. The normalized spacial score (nSPS) is 19.0. The van der Waals surface area contributed by atoms with Crippen LogP contribution < -0.4 is 4.72 Å². The molecule has 1 aliphatic carbocycles. The molecule has 0 saturated heterocycles. The van der Waals surface area contributed by atoms with E-state index in [0.717, 1.165) is 6.26 Å². The van der Waals surface area contributed by atoms with Gasteiger partial charge in [0.1, 0.15) is 11.7 Å². The van der Waals surface area contributed by atoms with E-state index in [0.29, 0.717) is 16.8 Å². The second kappa shape index (κ2) is 9.20. The number of carbonyl (C=O) groups excluding carboxylic acids is 2. The summed E-state index contributed by atoms with van der Waals surface area (Å²) in [6.07, 6.45) is 2.49. The number of rotatable bonds is 6. The van der Waals surface area contributed by atoms with Gasteiger partial charge < -0.3 is 4.74 Å². The highest BCUT2D eigenvalue weighted by molar-refractivity contribution is 7.92. The van der Waals surface area contributed by atoms with E-state index in [1.165, 1.54) is 24.3 Å². The molecule has 0 bridgehead atoms. The van der Waals surface area contributed by atoms with Gasteiger partial charge in [0, 0.05) is 22.2 Å². The zero-order valence-electron chi connectivity index (χ0n) is 16.9. The summed E-state index contributed by atoms with van der Waals surface area (Å²) in [6, 6.07) is 10.7. The van der Waals surface area contributed by atoms with Crippen LogP contribution in [-0.4, -0.2) is 33.0 Å². The molecule has 3 rings (SSSR count). The number of hydrogen-bond acceptors (Lipinski definition) is 5. The maximum atomic E-state index is 14.7. The van der Waals surface area contributed by atoms with Gasteiger partial charge in [-0.25, -0.2) is 12.8 Å². The number of ether oxygens (including phenoxy) is 1. The van der Waals surface area contributed by atoms with Crippen molar-refractivity contribution < 1.29 is 27.1 Å². The molecule has 6 nitrogen and oxygen atoms in total. The zero-order valence-corrected chi connectivity index (χ0v) is 18.5. The maximum absolute atomic E-state index is 14.7. The largest absolute Gasteiger partial charge is 0.465 e. The standard InChI is InChI=1S/C22H21ClFNO5S/c1-3-30-22(27)21-16(20-17(23)8-5-9-18(20)24)11-14(12-19(21)26)13-6-4-7-15(10-13)25-31(2,28)29/h4-10,12,16,21,25H,3,11H2,1-2H3/t16-,21-/m0/s1. The zero-order chi connectivity index (χ0) is 22.8. The average Bonchev–Trinajstić information content (AvgIpc) is 2.66. The molecule has 1 aliphatic rings. The first-order valence-corrected chi connectivity index (χ1v) is 11.8. The van der Waals surface area contributed by atoms with Crippen molar-refractivity contribution in [2.75, 3.05) is 17.6 Å². The number of carbonyl (C=O) groups is 2. The van der Waals surface area contributed by atoms with Crippen molar-refractivity contribution in [2.45, 2.75) is 19.3 Å². The average molecular weight is 466 g/mol. The molecular weight excluding hydrogens is 445 g/mol. The van der Waals surface area contributed by atoms with Crippen LogP contribution in [0.25, 0.3) is 5.57 Å². The molecule has 164 valence electrons. The van der Waals surface area contributed by atoms with Gasteiger partial charge in [0.05, 0.1) is 12.9 Å². The molecule has 0 amide bonds. The molecule has 31 heavy (non-hydrogen) atoms. The number of nitrogens with one attached hydrogen (secondary N) is 1. The van der Waals surface area contributed by atoms with Crippen LogP contribution in [-0.2, 0) is 24.3 Å². The Balaban J connectivity index is 2.07. The molecule has 1 N–H and O–H groups in total. The molecule has 0 aliphatic heterocycles. The van der Waals surface area contributed by atoms with Crippen molar-refractivity contribution in [1.29, 1.82) is 0 Å². The Kier molecular flexibility index (Phi) is 6.81. The van der Waals surface area contributed by atoms with Gasteiger partial charge in [0.2, 0.25) is 10.0 Å². The number of sulfonamides is 1. The first kappa shape index (κ1) is 23.0. The summed E-state index contributed by atoms with van der Waals surface area (Å²) in [5.41, 5.74) is 1.50. The topological polar surface area (TPSA) is 89.5 Å². The Morgan fingerprint density at radius 2 is 1.97 bits per heavy atom. The summed E-state index contributed by atoms with van der Waals surface area (Å²) in [7, 11) is -3.49. The van der Waals surface area contributed by atoms with Gasteiger partial charge in [-0.2, -0.15) is 0 Å². The van der Waals surface area contributed by atoms with E-state index in [4.69, 9.17) is 16.3 Å². The molecular formula is C22H21ClFNO5S. The lowest BCUT2D eigenvalue weighted by Gasteiger charge is -2.30. The van der Waals surface area contributed by atoms with Gasteiger partial charge in [-0.1, -0.05) is 29.8 Å². The summed E-state index contributed by atoms with van der Waals surface area (Å²) in [5.74, 6) is -3.97. The number of anilines is 1.